The molecular weight excluding hydrogens is 491 g/mol. The zero-order valence-electron chi connectivity index (χ0n) is 20.8. The molecule has 0 aliphatic heterocycles. The molecule has 0 spiro atoms. The summed E-state index contributed by atoms with van der Waals surface area (Å²) in [5.74, 6) is 1.01. The summed E-state index contributed by atoms with van der Waals surface area (Å²) >= 11 is 6.43. The van der Waals surface area contributed by atoms with Crippen molar-refractivity contribution in [3.05, 3.63) is 126 Å². The van der Waals surface area contributed by atoms with Gasteiger partial charge in [-0.25, -0.2) is 9.97 Å². The normalized spacial score (nSPS) is 11.6. The molecule has 6 aromatic rings. The van der Waals surface area contributed by atoms with Crippen molar-refractivity contribution in [2.45, 2.75) is 19.8 Å². The number of aromatic nitrogens is 2. The highest BCUT2D eigenvalue weighted by atomic mass is 35.5. The van der Waals surface area contributed by atoms with Gasteiger partial charge in [0, 0.05) is 21.9 Å². The highest BCUT2D eigenvalue weighted by Gasteiger charge is 2.24. The first-order valence-corrected chi connectivity index (χ1v) is 14.2. The molecule has 0 atom stereocenters. The molecule has 0 bridgehead atoms. The molecule has 5 aromatic carbocycles. The SMILES string of the molecule is CC(C)c1nc(-c2c(P(c3ccccc3)c3ccccc3)ccc3ccccc23)c2ccc(Cl)cc2n1. The average Bonchev–Trinajstić information content (AvgIpc) is 2.93. The predicted octanol–water partition coefficient (Wildman–Crippen LogP) is 7.99. The van der Waals surface area contributed by atoms with Crippen molar-refractivity contribution in [3.63, 3.8) is 0 Å². The first-order chi connectivity index (χ1) is 18.1. The quantitative estimate of drug-likeness (QED) is 0.217. The van der Waals surface area contributed by atoms with E-state index in [9.17, 15) is 0 Å². The summed E-state index contributed by atoms with van der Waals surface area (Å²) in [4.78, 5) is 10.1. The van der Waals surface area contributed by atoms with Crippen LogP contribution < -0.4 is 15.9 Å². The first-order valence-electron chi connectivity index (χ1n) is 12.5. The van der Waals surface area contributed by atoms with E-state index < -0.39 is 7.92 Å². The van der Waals surface area contributed by atoms with E-state index in [-0.39, 0.29) is 5.92 Å². The molecule has 180 valence electrons. The molecule has 0 amide bonds. The average molecular weight is 517 g/mol. The second-order valence-corrected chi connectivity index (χ2v) is 12.1. The highest BCUT2D eigenvalue weighted by molar-refractivity contribution is 7.80. The van der Waals surface area contributed by atoms with Crippen LogP contribution in [0.4, 0.5) is 0 Å². The minimum atomic E-state index is -0.837. The molecule has 6 rings (SSSR count). The monoisotopic (exact) mass is 516 g/mol. The summed E-state index contributed by atoms with van der Waals surface area (Å²) in [5, 5.41) is 8.00. The predicted molar refractivity (Wildman–Crippen MR) is 160 cm³/mol. The largest absolute Gasteiger partial charge is 0.233 e. The van der Waals surface area contributed by atoms with Gasteiger partial charge in [0.25, 0.3) is 0 Å². The van der Waals surface area contributed by atoms with Gasteiger partial charge >= 0.3 is 0 Å². The maximum absolute atomic E-state index is 6.43. The van der Waals surface area contributed by atoms with Crippen LogP contribution in [0.1, 0.15) is 25.6 Å². The van der Waals surface area contributed by atoms with Crippen molar-refractivity contribution >= 4 is 57.1 Å². The van der Waals surface area contributed by atoms with E-state index >= 15 is 0 Å². The van der Waals surface area contributed by atoms with Gasteiger partial charge in [0.05, 0.1) is 11.2 Å². The third kappa shape index (κ3) is 4.53. The fraction of sp³-hybridized carbons (Fsp3) is 0.0909. The fourth-order valence-corrected chi connectivity index (χ4v) is 7.48. The van der Waals surface area contributed by atoms with Crippen LogP contribution in [0.2, 0.25) is 5.02 Å². The Morgan fingerprint density at radius 1 is 0.649 bits per heavy atom. The second-order valence-electron chi connectivity index (χ2n) is 9.43. The molecular formula is C33H26ClN2P. The van der Waals surface area contributed by atoms with Gasteiger partial charge in [0.15, 0.2) is 0 Å². The fourth-order valence-electron chi connectivity index (χ4n) is 4.85. The molecule has 0 aliphatic rings. The van der Waals surface area contributed by atoms with Crippen molar-refractivity contribution in [1.82, 2.24) is 9.97 Å². The van der Waals surface area contributed by atoms with Gasteiger partial charge in [0.1, 0.15) is 5.82 Å². The van der Waals surface area contributed by atoms with Gasteiger partial charge < -0.3 is 0 Å². The van der Waals surface area contributed by atoms with Crippen LogP contribution in [-0.2, 0) is 0 Å². The van der Waals surface area contributed by atoms with Crippen LogP contribution in [0, 0.1) is 0 Å². The molecule has 0 saturated heterocycles. The molecule has 0 aliphatic carbocycles. The van der Waals surface area contributed by atoms with Gasteiger partial charge in [-0.3, -0.25) is 0 Å². The number of halogens is 1. The Kier molecular flexibility index (Phi) is 6.47. The van der Waals surface area contributed by atoms with Crippen LogP contribution in [0.3, 0.4) is 0 Å². The summed E-state index contributed by atoms with van der Waals surface area (Å²) in [6.45, 7) is 4.28. The van der Waals surface area contributed by atoms with E-state index in [4.69, 9.17) is 21.6 Å². The van der Waals surface area contributed by atoms with E-state index in [1.165, 1.54) is 32.2 Å². The van der Waals surface area contributed by atoms with Crippen LogP contribution >= 0.6 is 19.5 Å². The lowest BCUT2D eigenvalue weighted by atomic mass is 9.98. The molecule has 4 heteroatoms. The lowest BCUT2D eigenvalue weighted by molar-refractivity contribution is 0.785. The number of rotatable bonds is 5. The van der Waals surface area contributed by atoms with Crippen molar-refractivity contribution in [3.8, 4) is 11.3 Å². The molecule has 2 nitrogen and oxygen atoms in total. The maximum Gasteiger partial charge on any atom is 0.132 e. The van der Waals surface area contributed by atoms with E-state index in [0.717, 1.165) is 22.4 Å². The summed E-state index contributed by atoms with van der Waals surface area (Å²) in [6.07, 6.45) is 0. The number of hydrogen-bond acceptors (Lipinski definition) is 2. The Labute approximate surface area is 223 Å². The van der Waals surface area contributed by atoms with Gasteiger partial charge in [-0.2, -0.15) is 0 Å². The first kappa shape index (κ1) is 23.8. The van der Waals surface area contributed by atoms with Gasteiger partial charge in [-0.05, 0) is 52.8 Å². The van der Waals surface area contributed by atoms with Crippen molar-refractivity contribution < 1.29 is 0 Å². The Balaban J connectivity index is 1.75. The minimum absolute atomic E-state index is 0.185. The zero-order chi connectivity index (χ0) is 25.4. The lowest BCUT2D eigenvalue weighted by Crippen LogP contribution is -2.22. The van der Waals surface area contributed by atoms with E-state index in [1.807, 2.05) is 12.1 Å². The number of fused-ring (bicyclic) bond motifs is 2. The Morgan fingerprint density at radius 3 is 1.97 bits per heavy atom. The number of nitrogens with zero attached hydrogens (tertiary/aromatic N) is 2. The number of benzene rings is 5. The minimum Gasteiger partial charge on any atom is -0.233 e. The van der Waals surface area contributed by atoms with Gasteiger partial charge in [-0.15, -0.1) is 0 Å². The van der Waals surface area contributed by atoms with Crippen molar-refractivity contribution in [2.75, 3.05) is 0 Å². The Hall–Kier alpha value is -3.58. The molecule has 0 unspecified atom stereocenters. The standard InChI is InChI=1S/C33H26ClN2P/c1-22(2)33-35-29-21-24(34)18-19-28(29)32(36-33)31-27-16-10-9-11-23(27)17-20-30(31)37(25-12-5-3-6-13-25)26-14-7-4-8-15-26/h3-22H,1-2H3. The third-order valence-electron chi connectivity index (χ3n) is 6.61. The molecule has 0 saturated carbocycles. The van der Waals surface area contributed by atoms with Crippen LogP contribution in [0.15, 0.2) is 115 Å². The van der Waals surface area contributed by atoms with E-state index in [1.54, 1.807) is 0 Å². The molecule has 37 heavy (non-hydrogen) atoms. The van der Waals surface area contributed by atoms with Crippen LogP contribution in [0.25, 0.3) is 32.9 Å². The summed E-state index contributed by atoms with van der Waals surface area (Å²) in [7, 11) is -0.837. The van der Waals surface area contributed by atoms with Gasteiger partial charge in [-0.1, -0.05) is 123 Å². The van der Waals surface area contributed by atoms with Crippen molar-refractivity contribution in [1.29, 1.82) is 0 Å². The van der Waals surface area contributed by atoms with E-state index in [0.29, 0.717) is 5.02 Å². The van der Waals surface area contributed by atoms with Gasteiger partial charge in [0.2, 0.25) is 0 Å². The van der Waals surface area contributed by atoms with E-state index in [2.05, 4.69) is 117 Å². The Morgan fingerprint density at radius 2 is 1.30 bits per heavy atom. The van der Waals surface area contributed by atoms with Crippen LogP contribution in [-0.4, -0.2) is 9.97 Å². The second kappa shape index (κ2) is 10.1. The topological polar surface area (TPSA) is 25.8 Å². The summed E-state index contributed by atoms with van der Waals surface area (Å²) in [6, 6.07) is 40.8. The molecule has 0 N–H and O–H groups in total. The summed E-state index contributed by atoms with van der Waals surface area (Å²) in [5.41, 5.74) is 3.02. The smallest absolute Gasteiger partial charge is 0.132 e. The molecule has 1 aromatic heterocycles. The lowest BCUT2D eigenvalue weighted by Gasteiger charge is -2.24. The molecule has 1 heterocycles. The van der Waals surface area contributed by atoms with Crippen LogP contribution in [0.5, 0.6) is 0 Å². The third-order valence-corrected chi connectivity index (χ3v) is 9.32. The zero-order valence-corrected chi connectivity index (χ0v) is 22.4. The maximum atomic E-state index is 6.43. The Bertz CT molecular complexity index is 1680. The molecule has 0 radical (unpaired) electrons. The number of hydrogen-bond donors (Lipinski definition) is 0. The highest BCUT2D eigenvalue weighted by Crippen LogP contribution is 2.41. The van der Waals surface area contributed by atoms with Crippen molar-refractivity contribution in [2.24, 2.45) is 0 Å². The summed E-state index contributed by atoms with van der Waals surface area (Å²) < 4.78 is 0. The molecule has 0 fully saturated rings.